The fraction of sp³-hybridized carbons (Fsp3) is 0.294. The molecule has 0 bridgehead atoms. The molecule has 6 heteroatoms. The van der Waals surface area contributed by atoms with Gasteiger partial charge in [-0.05, 0) is 36.1 Å². The lowest BCUT2D eigenvalue weighted by Crippen LogP contribution is -2.19. The van der Waals surface area contributed by atoms with E-state index in [1.165, 1.54) is 18.2 Å². The van der Waals surface area contributed by atoms with Crippen LogP contribution in [0.25, 0.3) is 0 Å². The summed E-state index contributed by atoms with van der Waals surface area (Å²) in [5, 5.41) is 3.50. The minimum absolute atomic E-state index is 0.339. The summed E-state index contributed by atoms with van der Waals surface area (Å²) in [6.07, 6.45) is 3.10. The van der Waals surface area contributed by atoms with Gasteiger partial charge in [0.25, 0.3) is 0 Å². The topological polar surface area (TPSA) is 67.4 Å². The second kappa shape index (κ2) is 6.12. The molecule has 0 radical (unpaired) electrons. The van der Waals surface area contributed by atoms with Crippen LogP contribution in [0.15, 0.2) is 42.5 Å². The van der Waals surface area contributed by atoms with Crippen LogP contribution in [-0.4, -0.2) is 27.8 Å². The lowest BCUT2D eigenvalue weighted by molar-refractivity contribution is 0.417. The molecule has 0 spiro atoms. The predicted octanol–water partition coefficient (Wildman–Crippen LogP) is 2.65. The van der Waals surface area contributed by atoms with Gasteiger partial charge in [-0.1, -0.05) is 24.3 Å². The summed E-state index contributed by atoms with van der Waals surface area (Å²) < 4.78 is 30.5. The van der Waals surface area contributed by atoms with E-state index in [-0.39, 0.29) is 0 Å². The van der Waals surface area contributed by atoms with Crippen molar-refractivity contribution in [2.24, 2.45) is 0 Å². The van der Waals surface area contributed by atoms with E-state index in [1.807, 2.05) is 12.1 Å². The van der Waals surface area contributed by atoms with Crippen molar-refractivity contribution >= 4 is 21.4 Å². The summed E-state index contributed by atoms with van der Waals surface area (Å²) in [6, 6.07) is 14.2. The van der Waals surface area contributed by atoms with E-state index in [0.29, 0.717) is 17.5 Å². The Balaban J connectivity index is 1.75. The molecule has 2 aromatic carbocycles. The van der Waals surface area contributed by atoms with Gasteiger partial charge in [0.2, 0.25) is 10.0 Å². The first kappa shape index (κ1) is 15.7. The van der Waals surface area contributed by atoms with Crippen LogP contribution < -0.4 is 14.8 Å². The maximum atomic E-state index is 11.4. The van der Waals surface area contributed by atoms with Crippen LogP contribution in [0.3, 0.4) is 0 Å². The first-order valence-electron chi connectivity index (χ1n) is 7.44. The highest BCUT2D eigenvalue weighted by molar-refractivity contribution is 7.92. The number of nitrogens with one attached hydrogen (secondary N) is 2. The monoisotopic (exact) mass is 332 g/mol. The zero-order valence-electron chi connectivity index (χ0n) is 13.2. The third-order valence-corrected chi connectivity index (χ3v) is 4.51. The van der Waals surface area contributed by atoms with Crippen molar-refractivity contribution in [3.63, 3.8) is 0 Å². The molecule has 1 aliphatic carbocycles. The van der Waals surface area contributed by atoms with Crippen molar-refractivity contribution in [3.8, 4) is 5.75 Å². The van der Waals surface area contributed by atoms with Gasteiger partial charge < -0.3 is 10.1 Å². The quantitative estimate of drug-likeness (QED) is 0.883. The average Bonchev–Trinajstić information content (AvgIpc) is 2.89. The number of fused-ring (bicyclic) bond motifs is 1. The lowest BCUT2D eigenvalue weighted by Gasteiger charge is -2.16. The highest BCUT2D eigenvalue weighted by Gasteiger charge is 2.21. The average molecular weight is 332 g/mol. The minimum atomic E-state index is -3.33. The zero-order valence-corrected chi connectivity index (χ0v) is 14.0. The molecule has 2 N–H and O–H groups in total. The molecule has 122 valence electrons. The number of methoxy groups -OCH3 is 1. The van der Waals surface area contributed by atoms with E-state index in [1.54, 1.807) is 6.07 Å². The summed E-state index contributed by atoms with van der Waals surface area (Å²) in [5.74, 6) is 0.496. The first-order chi connectivity index (χ1) is 10.9. The van der Waals surface area contributed by atoms with E-state index < -0.39 is 10.0 Å². The molecule has 0 unspecified atom stereocenters. The van der Waals surface area contributed by atoms with E-state index in [9.17, 15) is 8.42 Å². The Labute approximate surface area is 136 Å². The van der Waals surface area contributed by atoms with Crippen molar-refractivity contribution < 1.29 is 13.2 Å². The Morgan fingerprint density at radius 2 is 1.74 bits per heavy atom. The molecule has 0 atom stereocenters. The van der Waals surface area contributed by atoms with Crippen molar-refractivity contribution in [1.29, 1.82) is 0 Å². The van der Waals surface area contributed by atoms with Gasteiger partial charge in [-0.3, -0.25) is 4.72 Å². The van der Waals surface area contributed by atoms with Crippen LogP contribution in [0.2, 0.25) is 0 Å². The normalized spacial score (nSPS) is 14.3. The largest absolute Gasteiger partial charge is 0.494 e. The fourth-order valence-corrected chi connectivity index (χ4v) is 3.53. The van der Waals surface area contributed by atoms with E-state index in [0.717, 1.165) is 24.8 Å². The Kier molecular flexibility index (Phi) is 4.17. The Morgan fingerprint density at radius 1 is 1.09 bits per heavy atom. The molecular formula is C17H20N2O3S. The SMILES string of the molecule is COc1cc(NC2Cc3ccccc3C2)ccc1NS(C)(=O)=O. The third kappa shape index (κ3) is 3.76. The Hall–Kier alpha value is -2.21. The van der Waals surface area contributed by atoms with Gasteiger partial charge in [0.05, 0.1) is 19.1 Å². The van der Waals surface area contributed by atoms with Gasteiger partial charge in [-0.15, -0.1) is 0 Å². The number of hydrogen-bond acceptors (Lipinski definition) is 4. The number of hydrogen-bond donors (Lipinski definition) is 2. The van der Waals surface area contributed by atoms with E-state index in [2.05, 4.69) is 34.3 Å². The molecular weight excluding hydrogens is 312 g/mol. The molecule has 0 aliphatic heterocycles. The number of anilines is 2. The number of ether oxygens (including phenoxy) is 1. The molecule has 5 nitrogen and oxygen atoms in total. The highest BCUT2D eigenvalue weighted by Crippen LogP contribution is 2.30. The Bertz CT molecular complexity index is 793. The maximum absolute atomic E-state index is 11.4. The molecule has 0 amide bonds. The summed E-state index contributed by atoms with van der Waals surface area (Å²) >= 11 is 0. The van der Waals surface area contributed by atoms with Crippen LogP contribution in [0.1, 0.15) is 11.1 Å². The third-order valence-electron chi connectivity index (χ3n) is 3.92. The smallest absolute Gasteiger partial charge is 0.229 e. The molecule has 23 heavy (non-hydrogen) atoms. The summed E-state index contributed by atoms with van der Waals surface area (Å²) in [4.78, 5) is 0. The van der Waals surface area contributed by atoms with Gasteiger partial charge in [0, 0.05) is 17.8 Å². The lowest BCUT2D eigenvalue weighted by atomic mass is 10.1. The Morgan fingerprint density at radius 3 is 2.30 bits per heavy atom. The molecule has 0 fully saturated rings. The van der Waals surface area contributed by atoms with Gasteiger partial charge >= 0.3 is 0 Å². The van der Waals surface area contributed by atoms with Crippen LogP contribution in [0, 0.1) is 0 Å². The van der Waals surface area contributed by atoms with E-state index in [4.69, 9.17) is 4.74 Å². The molecule has 0 heterocycles. The summed E-state index contributed by atoms with van der Waals surface area (Å²) in [5.41, 5.74) is 4.12. The minimum Gasteiger partial charge on any atom is -0.494 e. The number of sulfonamides is 1. The van der Waals surface area contributed by atoms with Crippen molar-refractivity contribution in [1.82, 2.24) is 0 Å². The second-order valence-electron chi connectivity index (χ2n) is 5.81. The van der Waals surface area contributed by atoms with Crippen LogP contribution >= 0.6 is 0 Å². The van der Waals surface area contributed by atoms with E-state index >= 15 is 0 Å². The van der Waals surface area contributed by atoms with Crippen molar-refractivity contribution in [2.75, 3.05) is 23.4 Å². The molecule has 0 saturated carbocycles. The van der Waals surface area contributed by atoms with Gasteiger partial charge in [0.1, 0.15) is 5.75 Å². The zero-order chi connectivity index (χ0) is 16.4. The van der Waals surface area contributed by atoms with Gasteiger partial charge in [-0.25, -0.2) is 8.42 Å². The molecule has 3 rings (SSSR count). The molecule has 0 saturated heterocycles. The fourth-order valence-electron chi connectivity index (χ4n) is 2.96. The maximum Gasteiger partial charge on any atom is 0.229 e. The highest BCUT2D eigenvalue weighted by atomic mass is 32.2. The number of rotatable bonds is 5. The molecule has 2 aromatic rings. The van der Waals surface area contributed by atoms with Gasteiger partial charge in [-0.2, -0.15) is 0 Å². The predicted molar refractivity (Wildman–Crippen MR) is 92.7 cm³/mol. The van der Waals surface area contributed by atoms with Crippen LogP contribution in [0.5, 0.6) is 5.75 Å². The van der Waals surface area contributed by atoms with Crippen LogP contribution in [0.4, 0.5) is 11.4 Å². The first-order valence-corrected chi connectivity index (χ1v) is 9.33. The van der Waals surface area contributed by atoms with Crippen LogP contribution in [-0.2, 0) is 22.9 Å². The van der Waals surface area contributed by atoms with Gasteiger partial charge in [0.15, 0.2) is 0 Å². The standard InChI is InChI=1S/C17H20N2O3S/c1-22-17-11-14(7-8-16(17)19-23(2,20)21)18-15-9-12-5-3-4-6-13(12)10-15/h3-8,11,15,18-19H,9-10H2,1-2H3. The molecule has 1 aliphatic rings. The number of benzene rings is 2. The summed E-state index contributed by atoms with van der Waals surface area (Å²) in [7, 11) is -1.81. The summed E-state index contributed by atoms with van der Waals surface area (Å²) in [6.45, 7) is 0. The van der Waals surface area contributed by atoms with Crippen molar-refractivity contribution in [2.45, 2.75) is 18.9 Å². The van der Waals surface area contributed by atoms with Crippen molar-refractivity contribution in [3.05, 3.63) is 53.6 Å². The molecule has 0 aromatic heterocycles. The second-order valence-corrected chi connectivity index (χ2v) is 7.56.